The van der Waals surface area contributed by atoms with Crippen LogP contribution in [0.4, 0.5) is 11.4 Å². The molecule has 3 aromatic rings. The topological polar surface area (TPSA) is 78.4 Å². The fourth-order valence-electron chi connectivity index (χ4n) is 4.12. The molecule has 2 aliphatic heterocycles. The first-order valence-corrected chi connectivity index (χ1v) is 10.4. The maximum absolute atomic E-state index is 11.1. The average Bonchev–Trinajstić information content (AvgIpc) is 2.97. The summed E-state index contributed by atoms with van der Waals surface area (Å²) >= 11 is 6.12. The van der Waals surface area contributed by atoms with Crippen molar-refractivity contribution in [2.24, 2.45) is 5.41 Å². The minimum absolute atomic E-state index is 0.00926. The van der Waals surface area contributed by atoms with Crippen LogP contribution in [-0.4, -0.2) is 17.0 Å². The van der Waals surface area contributed by atoms with E-state index in [0.29, 0.717) is 5.56 Å². The molecule has 31 heavy (non-hydrogen) atoms. The Morgan fingerprint density at radius 1 is 1.06 bits per heavy atom. The summed E-state index contributed by atoms with van der Waals surface area (Å²) in [4.78, 5) is 21.9. The lowest BCUT2D eigenvalue weighted by atomic mass is 9.73. The molecule has 5 rings (SSSR count). The van der Waals surface area contributed by atoms with E-state index in [4.69, 9.17) is 16.7 Å². The highest BCUT2D eigenvalue weighted by molar-refractivity contribution is 6.30. The largest absolute Gasteiger partial charge is 0.478 e. The smallest absolute Gasteiger partial charge is 0.335 e. The number of carbonyl (C=O) groups excluding carboxylic acids is 1. The first-order valence-electron chi connectivity index (χ1n) is 10.0. The molecule has 2 aliphatic rings. The maximum Gasteiger partial charge on any atom is 0.335 e. The van der Waals surface area contributed by atoms with Crippen LogP contribution in [-0.2, 0) is 6.42 Å². The van der Waals surface area contributed by atoms with Crippen LogP contribution >= 0.6 is 11.6 Å². The fourth-order valence-corrected chi connectivity index (χ4v) is 4.32. The summed E-state index contributed by atoms with van der Waals surface area (Å²) in [7, 11) is 0. The van der Waals surface area contributed by atoms with Crippen LogP contribution in [0.2, 0.25) is 5.02 Å². The maximum atomic E-state index is 11.1. The van der Waals surface area contributed by atoms with Crippen molar-refractivity contribution in [1.29, 1.82) is 0 Å². The molecule has 0 saturated carbocycles. The predicted octanol–water partition coefficient (Wildman–Crippen LogP) is 6.03. The van der Waals surface area contributed by atoms with Crippen LogP contribution in [0, 0.1) is 5.41 Å². The van der Waals surface area contributed by atoms with E-state index >= 15 is 0 Å². The molecule has 3 N–H and O–H groups in total. The summed E-state index contributed by atoms with van der Waals surface area (Å²) < 4.78 is 0. The molecule has 0 saturated heterocycles. The van der Waals surface area contributed by atoms with E-state index in [1.807, 2.05) is 42.5 Å². The Morgan fingerprint density at radius 3 is 2.52 bits per heavy atom. The molecule has 0 spiro atoms. The number of halogens is 1. The Labute approximate surface area is 186 Å². The Hall–Kier alpha value is -3.31. The second-order valence-electron chi connectivity index (χ2n) is 8.51. The van der Waals surface area contributed by atoms with Gasteiger partial charge in [-0.15, -0.1) is 0 Å². The van der Waals surface area contributed by atoms with Gasteiger partial charge < -0.3 is 15.7 Å². The highest BCUT2D eigenvalue weighted by atomic mass is 35.5. The summed E-state index contributed by atoms with van der Waals surface area (Å²) in [5.41, 5.74) is 5.12. The van der Waals surface area contributed by atoms with Gasteiger partial charge in [0.05, 0.1) is 11.6 Å². The normalized spacial score (nSPS) is 17.5. The van der Waals surface area contributed by atoms with Gasteiger partial charge in [-0.3, -0.25) is 4.79 Å². The Bertz CT molecular complexity index is 1170. The van der Waals surface area contributed by atoms with Crippen molar-refractivity contribution in [3.05, 3.63) is 94.0 Å². The van der Waals surface area contributed by atoms with Crippen LogP contribution in [0.25, 0.3) is 0 Å². The summed E-state index contributed by atoms with van der Waals surface area (Å²) in [6.45, 7) is 4.36. The minimum atomic E-state index is -0.891. The van der Waals surface area contributed by atoms with Crippen LogP contribution in [0.15, 0.2) is 66.7 Å². The molecule has 1 atom stereocenters. The predicted molar refractivity (Wildman–Crippen MR) is 123 cm³/mol. The van der Waals surface area contributed by atoms with Gasteiger partial charge in [0.15, 0.2) is 0 Å². The molecule has 0 fully saturated rings. The van der Waals surface area contributed by atoms with Gasteiger partial charge in [-0.05, 0) is 71.5 Å². The van der Waals surface area contributed by atoms with E-state index in [9.17, 15) is 9.59 Å². The van der Waals surface area contributed by atoms with Crippen molar-refractivity contribution in [2.75, 3.05) is 10.6 Å². The number of carbonyl (C=O) groups is 2. The van der Waals surface area contributed by atoms with Crippen molar-refractivity contribution in [3.63, 3.8) is 0 Å². The lowest BCUT2D eigenvalue weighted by Gasteiger charge is -2.41. The molecule has 158 valence electrons. The highest BCUT2D eigenvalue weighted by Crippen LogP contribution is 2.45. The zero-order chi connectivity index (χ0) is 22.2. The number of aromatic carboxylic acids is 1. The molecule has 1 amide bonds. The number of rotatable bonds is 2. The summed E-state index contributed by atoms with van der Waals surface area (Å²) in [6.07, 6.45) is 0.813. The number of benzene rings is 3. The summed E-state index contributed by atoms with van der Waals surface area (Å²) in [6, 6.07) is 20.6. The minimum Gasteiger partial charge on any atom is -0.478 e. The molecule has 1 unspecified atom stereocenters. The molecule has 6 heteroatoms. The van der Waals surface area contributed by atoms with Crippen molar-refractivity contribution in [1.82, 2.24) is 0 Å². The number of anilines is 2. The monoisotopic (exact) mass is 434 g/mol. The second-order valence-corrected chi connectivity index (χ2v) is 8.95. The molecule has 0 radical (unpaired) electrons. The lowest BCUT2D eigenvalue weighted by molar-refractivity contribution is 0.0696. The van der Waals surface area contributed by atoms with Gasteiger partial charge >= 0.3 is 5.97 Å². The van der Waals surface area contributed by atoms with Gasteiger partial charge in [0.25, 0.3) is 5.91 Å². The third-order valence-electron chi connectivity index (χ3n) is 5.64. The van der Waals surface area contributed by atoms with Gasteiger partial charge in [-0.2, -0.15) is 0 Å². The molecule has 2 heterocycles. The number of carboxylic acids is 1. The highest BCUT2D eigenvalue weighted by Gasteiger charge is 2.36. The first-order chi connectivity index (χ1) is 14.7. The summed E-state index contributed by atoms with van der Waals surface area (Å²) in [5, 5.41) is 16.1. The Kier molecular flexibility index (Phi) is 5.46. The van der Waals surface area contributed by atoms with Crippen LogP contribution in [0.5, 0.6) is 0 Å². The number of amides is 1. The van der Waals surface area contributed by atoms with Crippen molar-refractivity contribution in [2.45, 2.75) is 26.3 Å². The van der Waals surface area contributed by atoms with E-state index in [-0.39, 0.29) is 17.4 Å². The van der Waals surface area contributed by atoms with Crippen LogP contribution in [0.3, 0.4) is 0 Å². The number of carboxylic acid groups (broad SMARTS) is 1. The molecule has 5 nitrogen and oxygen atoms in total. The van der Waals surface area contributed by atoms with Crippen molar-refractivity contribution < 1.29 is 14.7 Å². The molecule has 0 aromatic heterocycles. The van der Waals surface area contributed by atoms with Gasteiger partial charge in [-0.1, -0.05) is 43.6 Å². The third-order valence-corrected chi connectivity index (χ3v) is 5.88. The Morgan fingerprint density at radius 2 is 1.84 bits per heavy atom. The second kappa shape index (κ2) is 8.08. The van der Waals surface area contributed by atoms with Gasteiger partial charge in [0.1, 0.15) is 0 Å². The van der Waals surface area contributed by atoms with Gasteiger partial charge in [0, 0.05) is 22.0 Å². The average molecular weight is 435 g/mol. The van der Waals surface area contributed by atoms with Crippen LogP contribution < -0.4 is 10.6 Å². The van der Waals surface area contributed by atoms with E-state index in [0.717, 1.165) is 39.5 Å². The number of hydrogen-bond acceptors (Lipinski definition) is 3. The van der Waals surface area contributed by atoms with Gasteiger partial charge in [0.2, 0.25) is 0 Å². The molecule has 0 aliphatic carbocycles. The van der Waals surface area contributed by atoms with E-state index in [1.165, 1.54) is 0 Å². The van der Waals surface area contributed by atoms with E-state index in [2.05, 4.69) is 30.5 Å². The van der Waals surface area contributed by atoms with Crippen molar-refractivity contribution >= 4 is 34.9 Å². The zero-order valence-electron chi connectivity index (χ0n) is 17.3. The molecule has 2 bridgehead atoms. The third kappa shape index (κ3) is 4.42. The zero-order valence-corrected chi connectivity index (χ0v) is 18.0. The number of fused-ring (bicyclic) bond motifs is 3. The fraction of sp³-hybridized carbons (Fsp3) is 0.200. The SMILES string of the molecule is CC1(C)Cc2cc(C(=O)O)ccc2NC1c1cccc(Cl)c1.O=C1Nc2cccc1c2. The van der Waals surface area contributed by atoms with Gasteiger partial charge in [-0.25, -0.2) is 4.79 Å². The molecule has 3 aromatic carbocycles. The standard InChI is InChI=1S/C18H18ClNO2.C7H5NO/c1-18(2)10-13-8-12(17(21)22)6-7-15(13)20-16(18)11-4-3-5-14(19)9-11;9-7-5-2-1-3-6(4-5)8-7/h3-9,16,20H,10H2,1-2H3,(H,21,22);1-4H,(H,8,9). The Balaban J connectivity index is 0.000000212. The summed E-state index contributed by atoms with van der Waals surface area (Å²) in [5.74, 6) is -0.882. The quantitative estimate of drug-likeness (QED) is 0.460. The van der Waals surface area contributed by atoms with E-state index in [1.54, 1.807) is 18.2 Å². The molecular weight excluding hydrogens is 412 g/mol. The number of nitrogens with one attached hydrogen (secondary N) is 2. The van der Waals surface area contributed by atoms with Crippen LogP contribution in [0.1, 0.15) is 51.7 Å². The van der Waals surface area contributed by atoms with Crippen molar-refractivity contribution in [3.8, 4) is 0 Å². The molecular formula is C25H23ClN2O3. The first kappa shape index (κ1) is 20.9. The lowest BCUT2D eigenvalue weighted by Crippen LogP contribution is -2.35. The number of hydrogen-bond donors (Lipinski definition) is 3. The van der Waals surface area contributed by atoms with E-state index < -0.39 is 5.97 Å².